The Hall–Kier alpha value is -2.83. The van der Waals surface area contributed by atoms with Gasteiger partial charge in [-0.3, -0.25) is 4.79 Å². The molecule has 7 nitrogen and oxygen atoms in total. The summed E-state index contributed by atoms with van der Waals surface area (Å²) in [7, 11) is 0. The van der Waals surface area contributed by atoms with Crippen molar-refractivity contribution in [3.63, 3.8) is 0 Å². The molecule has 2 aromatic rings. The van der Waals surface area contributed by atoms with E-state index in [2.05, 4.69) is 20.2 Å². The second kappa shape index (κ2) is 7.42. The molecule has 1 aromatic carbocycles. The van der Waals surface area contributed by atoms with Gasteiger partial charge in [0, 0.05) is 36.9 Å². The molecule has 0 bridgehead atoms. The van der Waals surface area contributed by atoms with Crippen LogP contribution < -0.4 is 19.7 Å². The topological polar surface area (TPSA) is 76.6 Å². The van der Waals surface area contributed by atoms with Crippen LogP contribution in [0.25, 0.3) is 0 Å². The molecular weight excluding hydrogens is 344 g/mol. The van der Waals surface area contributed by atoms with Gasteiger partial charge in [-0.2, -0.15) is 0 Å². The van der Waals surface area contributed by atoms with Crippen LogP contribution in [0, 0.1) is 19.8 Å². The molecule has 2 aliphatic rings. The number of ether oxygens (including phenoxy) is 2. The molecule has 0 radical (unpaired) electrons. The number of aryl methyl sites for hydroxylation is 2. The Bertz CT molecular complexity index is 827. The highest BCUT2D eigenvalue weighted by atomic mass is 16.7. The summed E-state index contributed by atoms with van der Waals surface area (Å²) in [5.74, 6) is 2.40. The van der Waals surface area contributed by atoms with E-state index in [1.165, 1.54) is 0 Å². The molecule has 3 heterocycles. The van der Waals surface area contributed by atoms with Crippen LogP contribution in [0.4, 0.5) is 5.95 Å². The summed E-state index contributed by atoms with van der Waals surface area (Å²) in [4.78, 5) is 23.8. The first-order valence-corrected chi connectivity index (χ1v) is 9.32. The summed E-state index contributed by atoms with van der Waals surface area (Å²) in [6, 6.07) is 7.72. The average molecular weight is 368 g/mol. The highest BCUT2D eigenvalue weighted by Crippen LogP contribution is 2.32. The Morgan fingerprint density at radius 2 is 1.81 bits per heavy atom. The number of amides is 1. The average Bonchev–Trinajstić information content (AvgIpc) is 3.13. The van der Waals surface area contributed by atoms with Gasteiger partial charge >= 0.3 is 0 Å². The molecule has 1 fully saturated rings. The number of rotatable bonds is 4. The second-order valence-electron chi connectivity index (χ2n) is 7.12. The third-order valence-corrected chi connectivity index (χ3v) is 5.02. The Balaban J connectivity index is 1.29. The van der Waals surface area contributed by atoms with E-state index in [1.54, 1.807) is 0 Å². The number of anilines is 1. The van der Waals surface area contributed by atoms with E-state index in [9.17, 15) is 4.79 Å². The zero-order valence-corrected chi connectivity index (χ0v) is 15.7. The number of hydrogen-bond acceptors (Lipinski definition) is 6. The molecule has 1 amide bonds. The van der Waals surface area contributed by atoms with Crippen molar-refractivity contribution in [1.82, 2.24) is 15.3 Å². The Kier molecular flexibility index (Phi) is 4.83. The highest BCUT2D eigenvalue weighted by molar-refractivity contribution is 5.79. The predicted octanol–water partition coefficient (Wildman–Crippen LogP) is 2.35. The van der Waals surface area contributed by atoms with Gasteiger partial charge < -0.3 is 19.7 Å². The van der Waals surface area contributed by atoms with Crippen molar-refractivity contribution in [2.24, 2.45) is 5.92 Å². The lowest BCUT2D eigenvalue weighted by molar-refractivity contribution is -0.125. The van der Waals surface area contributed by atoms with Crippen LogP contribution >= 0.6 is 0 Å². The maximum absolute atomic E-state index is 12.5. The molecule has 1 N–H and O–H groups in total. The van der Waals surface area contributed by atoms with Gasteiger partial charge in [-0.15, -0.1) is 0 Å². The number of aromatic nitrogens is 2. The van der Waals surface area contributed by atoms with Gasteiger partial charge in [-0.05, 0) is 50.5 Å². The van der Waals surface area contributed by atoms with Crippen LogP contribution in [0.15, 0.2) is 24.3 Å². The van der Waals surface area contributed by atoms with E-state index in [4.69, 9.17) is 9.47 Å². The monoisotopic (exact) mass is 368 g/mol. The fraction of sp³-hybridized carbons (Fsp3) is 0.450. The smallest absolute Gasteiger partial charge is 0.231 e. The quantitative estimate of drug-likeness (QED) is 0.893. The summed E-state index contributed by atoms with van der Waals surface area (Å²) in [5.41, 5.74) is 2.95. The molecule has 0 spiro atoms. The van der Waals surface area contributed by atoms with Gasteiger partial charge in [0.25, 0.3) is 0 Å². The van der Waals surface area contributed by atoms with E-state index in [1.807, 2.05) is 38.1 Å². The van der Waals surface area contributed by atoms with Crippen LogP contribution in [-0.4, -0.2) is 35.8 Å². The maximum Gasteiger partial charge on any atom is 0.231 e. The SMILES string of the molecule is Cc1cc(C)nc(N2CCC(C(=O)NCc3ccc4c(c3)OCO4)CC2)n1. The molecule has 1 aromatic heterocycles. The van der Waals surface area contributed by atoms with E-state index in [-0.39, 0.29) is 18.6 Å². The molecule has 1 saturated heterocycles. The Morgan fingerprint density at radius 3 is 2.56 bits per heavy atom. The van der Waals surface area contributed by atoms with E-state index in [0.29, 0.717) is 6.54 Å². The highest BCUT2D eigenvalue weighted by Gasteiger charge is 2.26. The minimum Gasteiger partial charge on any atom is -0.454 e. The van der Waals surface area contributed by atoms with Crippen LogP contribution in [0.2, 0.25) is 0 Å². The summed E-state index contributed by atoms with van der Waals surface area (Å²) < 4.78 is 10.7. The molecule has 0 unspecified atom stereocenters. The maximum atomic E-state index is 12.5. The van der Waals surface area contributed by atoms with E-state index < -0.39 is 0 Å². The van der Waals surface area contributed by atoms with Gasteiger partial charge in [-0.25, -0.2) is 9.97 Å². The molecule has 7 heteroatoms. The van der Waals surface area contributed by atoms with Crippen molar-refractivity contribution < 1.29 is 14.3 Å². The summed E-state index contributed by atoms with van der Waals surface area (Å²) in [6.45, 7) is 6.31. The summed E-state index contributed by atoms with van der Waals surface area (Å²) in [6.07, 6.45) is 1.62. The first-order valence-electron chi connectivity index (χ1n) is 9.32. The fourth-order valence-corrected chi connectivity index (χ4v) is 3.57. The molecule has 142 valence electrons. The van der Waals surface area contributed by atoms with Crippen LogP contribution in [0.3, 0.4) is 0 Å². The predicted molar refractivity (Wildman–Crippen MR) is 101 cm³/mol. The van der Waals surface area contributed by atoms with Gasteiger partial charge in [0.15, 0.2) is 11.5 Å². The number of hydrogen-bond donors (Lipinski definition) is 1. The Labute approximate surface area is 158 Å². The lowest BCUT2D eigenvalue weighted by Crippen LogP contribution is -2.41. The van der Waals surface area contributed by atoms with Crippen LogP contribution in [0.5, 0.6) is 11.5 Å². The standard InChI is InChI=1S/C20H24N4O3/c1-13-9-14(2)23-20(22-13)24-7-5-16(6-8-24)19(25)21-11-15-3-4-17-18(10-15)27-12-26-17/h3-4,9-10,16H,5-8,11-12H2,1-2H3,(H,21,25). The molecule has 2 aliphatic heterocycles. The number of carbonyl (C=O) groups excluding carboxylic acids is 1. The molecule has 0 aliphatic carbocycles. The van der Waals surface area contributed by atoms with E-state index >= 15 is 0 Å². The lowest BCUT2D eigenvalue weighted by atomic mass is 9.96. The van der Waals surface area contributed by atoms with Crippen molar-refractivity contribution in [1.29, 1.82) is 0 Å². The van der Waals surface area contributed by atoms with Crippen LogP contribution in [-0.2, 0) is 11.3 Å². The van der Waals surface area contributed by atoms with Crippen molar-refractivity contribution in [3.05, 3.63) is 41.2 Å². The number of nitrogens with zero attached hydrogens (tertiary/aromatic N) is 3. The third-order valence-electron chi connectivity index (χ3n) is 5.02. The van der Waals surface area contributed by atoms with Gasteiger partial charge in [0.1, 0.15) is 0 Å². The van der Waals surface area contributed by atoms with Crippen molar-refractivity contribution in [3.8, 4) is 11.5 Å². The van der Waals surface area contributed by atoms with Gasteiger partial charge in [0.05, 0.1) is 0 Å². The normalized spacial score (nSPS) is 16.4. The fourth-order valence-electron chi connectivity index (χ4n) is 3.57. The number of fused-ring (bicyclic) bond motifs is 1. The molecular formula is C20H24N4O3. The number of benzene rings is 1. The molecule has 0 saturated carbocycles. The van der Waals surface area contributed by atoms with Gasteiger partial charge in [0.2, 0.25) is 18.6 Å². The Morgan fingerprint density at radius 1 is 1.11 bits per heavy atom. The largest absolute Gasteiger partial charge is 0.454 e. The van der Waals surface area contributed by atoms with Crippen molar-refractivity contribution in [2.45, 2.75) is 33.2 Å². The molecule has 4 rings (SSSR count). The lowest BCUT2D eigenvalue weighted by Gasteiger charge is -2.31. The molecule has 0 atom stereocenters. The zero-order valence-electron chi connectivity index (χ0n) is 15.7. The van der Waals surface area contributed by atoms with Crippen molar-refractivity contribution in [2.75, 3.05) is 24.8 Å². The second-order valence-corrected chi connectivity index (χ2v) is 7.12. The van der Waals surface area contributed by atoms with E-state index in [0.717, 1.165) is 60.3 Å². The first kappa shape index (κ1) is 17.6. The van der Waals surface area contributed by atoms with Crippen LogP contribution in [0.1, 0.15) is 29.8 Å². The summed E-state index contributed by atoms with van der Waals surface area (Å²) in [5, 5.41) is 3.05. The number of carbonyl (C=O) groups is 1. The van der Waals surface area contributed by atoms with Gasteiger partial charge in [-0.1, -0.05) is 6.07 Å². The third kappa shape index (κ3) is 3.97. The number of nitrogens with one attached hydrogen (secondary N) is 1. The first-order chi connectivity index (χ1) is 13.1. The van der Waals surface area contributed by atoms with Crippen molar-refractivity contribution >= 4 is 11.9 Å². The zero-order chi connectivity index (χ0) is 18.8. The minimum atomic E-state index is 0.0289. The molecule has 27 heavy (non-hydrogen) atoms. The number of piperidine rings is 1. The summed E-state index contributed by atoms with van der Waals surface area (Å²) >= 11 is 0. The minimum absolute atomic E-state index is 0.0289.